The number of nitrogens with zero attached hydrogens (tertiary/aromatic N) is 2. The largest absolute Gasteiger partial charge is 0.460 e. The molecule has 1 aromatic carbocycles. The number of nitrogens with one attached hydrogen (secondary N) is 1. The van der Waals surface area contributed by atoms with E-state index in [1.54, 1.807) is 0 Å². The second-order valence-electron chi connectivity index (χ2n) is 11.9. The molecule has 0 atom stereocenters. The Morgan fingerprint density at radius 1 is 0.516 bits per heavy atom. The first kappa shape index (κ1) is 56.9. The van der Waals surface area contributed by atoms with E-state index >= 15 is 17.6 Å². The van der Waals surface area contributed by atoms with E-state index in [-0.39, 0.29) is 6.92 Å². The van der Waals surface area contributed by atoms with E-state index in [1.807, 2.05) is 0 Å². The topological polar surface area (TPSA) is 114 Å². The molecule has 37 heteroatoms. The van der Waals surface area contributed by atoms with Gasteiger partial charge in [0.25, 0.3) is 5.91 Å². The Hall–Kier alpha value is -5.11. The lowest BCUT2D eigenvalue weighted by atomic mass is 9.82. The van der Waals surface area contributed by atoms with Gasteiger partial charge in [0.1, 0.15) is 11.4 Å². The van der Waals surface area contributed by atoms with Crippen LogP contribution in [0, 0.1) is 6.92 Å². The Labute approximate surface area is 329 Å². The van der Waals surface area contributed by atoms with Gasteiger partial charge in [-0.25, -0.2) is 9.59 Å². The second-order valence-corrected chi connectivity index (χ2v) is 11.9. The average molecular weight is 1010 g/mol. The van der Waals surface area contributed by atoms with Crippen LogP contribution in [0.3, 0.4) is 0 Å². The van der Waals surface area contributed by atoms with Crippen molar-refractivity contribution in [1.82, 2.24) is 5.32 Å². The highest BCUT2D eigenvalue weighted by molar-refractivity contribution is 6.00. The van der Waals surface area contributed by atoms with Crippen LogP contribution >= 0.6 is 0 Å². The summed E-state index contributed by atoms with van der Waals surface area (Å²) in [5.41, 5.74) is -11.0. The van der Waals surface area contributed by atoms with E-state index in [0.29, 0.717) is 19.1 Å². The van der Waals surface area contributed by atoms with Crippen LogP contribution in [-0.4, -0.2) is 108 Å². The predicted octanol–water partition coefficient (Wildman–Crippen LogP) is 10.5. The summed E-state index contributed by atoms with van der Waals surface area (Å²) in [7, 11) is 0. The van der Waals surface area contributed by atoms with Gasteiger partial charge in [-0.2, -0.15) is 137 Å². The number of alkyl halides is 29. The Morgan fingerprint density at radius 3 is 1.09 bits per heavy atom. The SMILES string of the molecule is CC(=O)OCNC(=O)c1c(C(F)(F)C(F)(F)C(F)(F)C(F)(F)C(F)(F)C(F)(F)C(F)(F)C(F)(F)C(F)(F)C(F)(F)C(F)(F)C(F)(F)C(F)(F)C(F)(F)F)cc(N=C=O)c(N=C=O)c1C. The van der Waals surface area contributed by atoms with Crippen molar-refractivity contribution in [2.24, 2.45) is 9.98 Å². The summed E-state index contributed by atoms with van der Waals surface area (Å²) in [6.07, 6.45) is -7.53. The van der Waals surface area contributed by atoms with E-state index in [4.69, 9.17) is 0 Å². The minimum atomic E-state index is -10.1. The molecule has 0 fully saturated rings. The molecule has 0 aliphatic carbocycles. The number of esters is 1. The van der Waals surface area contributed by atoms with Crippen molar-refractivity contribution in [3.8, 4) is 0 Å². The van der Waals surface area contributed by atoms with Gasteiger partial charge in [-0.3, -0.25) is 9.59 Å². The summed E-state index contributed by atoms with van der Waals surface area (Å²) in [5.74, 6) is -128. The van der Waals surface area contributed by atoms with Crippen LogP contribution < -0.4 is 5.32 Å². The van der Waals surface area contributed by atoms with Crippen LogP contribution in [0.25, 0.3) is 0 Å². The standard InChI is InChI=1S/C27H10F29N3O5/c1-7-11(13(63)59-6-64-8(2)62)9(3-10(57-4-60)12(7)58-5-61)14(28,29)15(30,31)16(32,33)17(34,35)18(36,37)19(38,39)20(40,41)21(42,43)22(44,45)23(46,47)24(48,49)25(50,51)26(52,53)27(54,55)56/h3H,6H2,1-2H3,(H,59,63). The van der Waals surface area contributed by atoms with Gasteiger partial charge in [0, 0.05) is 12.5 Å². The smallest absolute Gasteiger partial charge is 0.445 e. The first-order chi connectivity index (χ1) is 27.9. The van der Waals surface area contributed by atoms with Crippen molar-refractivity contribution in [2.75, 3.05) is 6.73 Å². The highest BCUT2D eigenvalue weighted by Gasteiger charge is 3.01. The van der Waals surface area contributed by atoms with Crippen LogP contribution in [-0.2, 0) is 25.0 Å². The fraction of sp³-hybridized carbons (Fsp3) is 0.630. The van der Waals surface area contributed by atoms with E-state index < -0.39 is 136 Å². The maximum absolute atomic E-state index is 15.5. The quantitative estimate of drug-likeness (QED) is 0.0517. The number of amides is 1. The third-order valence-electron chi connectivity index (χ3n) is 8.01. The van der Waals surface area contributed by atoms with Crippen molar-refractivity contribution in [3.63, 3.8) is 0 Å². The minimum Gasteiger partial charge on any atom is -0.445 e. The molecule has 1 amide bonds. The highest BCUT2D eigenvalue weighted by atomic mass is 19.4. The lowest BCUT2D eigenvalue weighted by molar-refractivity contribution is -0.487. The van der Waals surface area contributed by atoms with Crippen LogP contribution in [0.4, 0.5) is 139 Å². The summed E-state index contributed by atoms with van der Waals surface area (Å²) in [4.78, 5) is 50.1. The number of aliphatic imine (C=N–C) groups is 2. The number of carbonyl (C=O) groups excluding carboxylic acids is 4. The molecule has 0 saturated heterocycles. The molecule has 0 spiro atoms. The molecular formula is C27H10F29N3O5. The number of isocyanates is 2. The summed E-state index contributed by atoms with van der Waals surface area (Å²) >= 11 is 0. The fourth-order valence-corrected chi connectivity index (χ4v) is 4.46. The average Bonchev–Trinajstić information content (AvgIpc) is 3.11. The minimum absolute atomic E-state index is 0.0976. The molecule has 0 aromatic heterocycles. The van der Waals surface area contributed by atoms with Gasteiger partial charge in [-0.05, 0) is 18.6 Å². The maximum atomic E-state index is 15.5. The molecule has 0 bridgehead atoms. The fourth-order valence-electron chi connectivity index (χ4n) is 4.46. The van der Waals surface area contributed by atoms with Crippen LogP contribution in [0.15, 0.2) is 16.1 Å². The maximum Gasteiger partial charge on any atom is 0.460 e. The molecule has 8 nitrogen and oxygen atoms in total. The molecule has 64 heavy (non-hydrogen) atoms. The molecule has 0 aliphatic heterocycles. The van der Waals surface area contributed by atoms with Crippen molar-refractivity contribution in [2.45, 2.75) is 97.0 Å². The summed E-state index contributed by atoms with van der Waals surface area (Å²) in [5, 5.41) is 1.15. The Kier molecular flexibility index (Phi) is 14.3. The van der Waals surface area contributed by atoms with Crippen molar-refractivity contribution in [3.05, 3.63) is 22.8 Å². The summed E-state index contributed by atoms with van der Waals surface area (Å²) in [6.45, 7) is -1.01. The third kappa shape index (κ3) is 7.50. The number of hydrogen-bond acceptors (Lipinski definition) is 7. The molecule has 0 radical (unpaired) electrons. The molecule has 0 aliphatic rings. The molecule has 1 rings (SSSR count). The number of carbonyl (C=O) groups is 2. The van der Waals surface area contributed by atoms with Crippen molar-refractivity contribution in [1.29, 1.82) is 0 Å². The lowest BCUT2D eigenvalue weighted by Gasteiger charge is -2.46. The van der Waals surface area contributed by atoms with Crippen molar-refractivity contribution >= 4 is 35.4 Å². The summed E-state index contributed by atoms with van der Waals surface area (Å²) in [6, 6.07) is -1.06. The molecule has 0 saturated carbocycles. The number of rotatable bonds is 18. The molecular weight excluding hydrogens is 997 g/mol. The number of halogens is 29. The van der Waals surface area contributed by atoms with E-state index in [0.717, 1.165) is 5.32 Å². The molecule has 0 unspecified atom stereocenters. The van der Waals surface area contributed by atoms with Gasteiger partial charge >= 0.3 is 89.1 Å². The molecule has 1 aromatic rings. The molecule has 366 valence electrons. The van der Waals surface area contributed by atoms with Gasteiger partial charge in [-0.15, -0.1) is 0 Å². The zero-order valence-corrected chi connectivity index (χ0v) is 29.2. The monoisotopic (exact) mass is 1010 g/mol. The highest BCUT2D eigenvalue weighted by Crippen LogP contribution is 2.69. The second kappa shape index (κ2) is 16.1. The van der Waals surface area contributed by atoms with Gasteiger partial charge in [0.15, 0.2) is 6.73 Å². The third-order valence-corrected chi connectivity index (χ3v) is 8.01. The van der Waals surface area contributed by atoms with Crippen LogP contribution in [0.2, 0.25) is 0 Å². The van der Waals surface area contributed by atoms with Gasteiger partial charge < -0.3 is 10.1 Å². The zero-order valence-electron chi connectivity index (χ0n) is 29.2. The molecule has 0 heterocycles. The first-order valence-electron chi connectivity index (χ1n) is 14.6. The Bertz CT molecular complexity index is 2080. The summed E-state index contributed by atoms with van der Waals surface area (Å²) < 4.78 is 411. The van der Waals surface area contributed by atoms with Crippen LogP contribution in [0.5, 0.6) is 0 Å². The predicted molar refractivity (Wildman–Crippen MR) is 140 cm³/mol. The number of ether oxygens (including phenoxy) is 1. The van der Waals surface area contributed by atoms with E-state index in [2.05, 4.69) is 14.7 Å². The van der Waals surface area contributed by atoms with E-state index in [9.17, 15) is 129 Å². The van der Waals surface area contributed by atoms with Gasteiger partial charge in [-0.1, -0.05) is 0 Å². The van der Waals surface area contributed by atoms with E-state index in [1.165, 1.54) is 0 Å². The Morgan fingerprint density at radius 2 is 0.812 bits per heavy atom. The molecule has 1 N–H and O–H groups in total. The van der Waals surface area contributed by atoms with Gasteiger partial charge in [0.05, 0.1) is 5.56 Å². The first-order valence-corrected chi connectivity index (χ1v) is 14.6. The number of benzene rings is 1. The van der Waals surface area contributed by atoms with Gasteiger partial charge in [0.2, 0.25) is 12.2 Å². The van der Waals surface area contributed by atoms with Crippen molar-refractivity contribution < 1.29 is 151 Å². The number of hydrogen-bond donors (Lipinski definition) is 1. The lowest BCUT2D eigenvalue weighted by Crippen LogP contribution is -2.79. The normalized spacial score (nSPS) is 15.0. The van der Waals surface area contributed by atoms with Crippen LogP contribution in [0.1, 0.15) is 28.4 Å². The zero-order chi connectivity index (χ0) is 51.7. The Balaban J connectivity index is 4.29.